The Morgan fingerprint density at radius 2 is 2.33 bits per heavy atom. The van der Waals surface area contributed by atoms with Gasteiger partial charge in [-0.3, -0.25) is 10.1 Å². The van der Waals surface area contributed by atoms with Crippen LogP contribution in [0.15, 0.2) is 22.6 Å². The van der Waals surface area contributed by atoms with E-state index >= 15 is 0 Å². The number of nitro groups is 1. The number of oxazole rings is 1. The topological polar surface area (TPSA) is 81.2 Å². The summed E-state index contributed by atoms with van der Waals surface area (Å²) in [4.78, 5) is 14.4. The normalized spacial score (nSPS) is 12.6. The molecule has 2 aromatic rings. The van der Waals surface area contributed by atoms with Crippen molar-refractivity contribution in [1.82, 2.24) is 4.98 Å². The number of aromatic nitrogens is 1. The van der Waals surface area contributed by atoms with Crippen molar-refractivity contribution in [3.05, 3.63) is 28.3 Å². The standard InChI is InChI=1S/C12H15N3O3/c1-3-4-8(2)13-12-14-10-6-5-9(15(16)17)7-11(10)18-12/h5-8H,3-4H2,1-2H3,(H,13,14). The molecule has 0 aliphatic rings. The van der Waals surface area contributed by atoms with Crippen molar-refractivity contribution in [2.24, 2.45) is 0 Å². The molecule has 0 radical (unpaired) electrons. The predicted octanol–water partition coefficient (Wildman–Crippen LogP) is 3.34. The smallest absolute Gasteiger partial charge is 0.295 e. The third kappa shape index (κ3) is 2.58. The molecule has 1 aromatic carbocycles. The second-order valence-electron chi connectivity index (χ2n) is 4.26. The van der Waals surface area contributed by atoms with Gasteiger partial charge in [0.15, 0.2) is 5.58 Å². The molecule has 1 N–H and O–H groups in total. The van der Waals surface area contributed by atoms with E-state index in [1.807, 2.05) is 6.92 Å². The number of hydrogen-bond acceptors (Lipinski definition) is 5. The van der Waals surface area contributed by atoms with Gasteiger partial charge in [-0.05, 0) is 19.4 Å². The molecular weight excluding hydrogens is 234 g/mol. The number of nitro benzene ring substituents is 1. The fourth-order valence-corrected chi connectivity index (χ4v) is 1.80. The van der Waals surface area contributed by atoms with Crippen LogP contribution in [-0.4, -0.2) is 15.9 Å². The number of rotatable bonds is 5. The summed E-state index contributed by atoms with van der Waals surface area (Å²) in [6, 6.07) is 5.07. The van der Waals surface area contributed by atoms with Gasteiger partial charge in [0.1, 0.15) is 5.52 Å². The molecule has 0 aliphatic carbocycles. The third-order valence-electron chi connectivity index (χ3n) is 2.67. The van der Waals surface area contributed by atoms with Gasteiger partial charge in [-0.25, -0.2) is 0 Å². The summed E-state index contributed by atoms with van der Waals surface area (Å²) in [5.41, 5.74) is 1.05. The number of benzene rings is 1. The molecule has 1 atom stereocenters. The Morgan fingerprint density at radius 1 is 1.56 bits per heavy atom. The van der Waals surface area contributed by atoms with Crippen molar-refractivity contribution in [3.8, 4) is 0 Å². The molecule has 2 rings (SSSR count). The van der Waals surface area contributed by atoms with Crippen LogP contribution in [0.5, 0.6) is 0 Å². The Kier molecular flexibility index (Phi) is 3.45. The van der Waals surface area contributed by atoms with Crippen LogP contribution in [-0.2, 0) is 0 Å². The van der Waals surface area contributed by atoms with Crippen molar-refractivity contribution in [3.63, 3.8) is 0 Å². The van der Waals surface area contributed by atoms with Crippen molar-refractivity contribution >= 4 is 22.8 Å². The molecular formula is C12H15N3O3. The van der Waals surface area contributed by atoms with Crippen molar-refractivity contribution in [2.45, 2.75) is 32.7 Å². The largest absolute Gasteiger partial charge is 0.423 e. The van der Waals surface area contributed by atoms with E-state index in [0.717, 1.165) is 12.8 Å². The van der Waals surface area contributed by atoms with Crippen LogP contribution >= 0.6 is 0 Å². The number of anilines is 1. The molecule has 0 spiro atoms. The van der Waals surface area contributed by atoms with Gasteiger partial charge in [0.25, 0.3) is 11.7 Å². The Hall–Kier alpha value is -2.11. The molecule has 0 saturated carbocycles. The van der Waals surface area contributed by atoms with E-state index in [0.29, 0.717) is 17.1 Å². The minimum Gasteiger partial charge on any atom is -0.423 e. The van der Waals surface area contributed by atoms with Gasteiger partial charge in [0.2, 0.25) is 0 Å². The highest BCUT2D eigenvalue weighted by Crippen LogP contribution is 2.24. The zero-order chi connectivity index (χ0) is 13.1. The molecule has 6 nitrogen and oxygen atoms in total. The van der Waals surface area contributed by atoms with Crippen LogP contribution in [0.3, 0.4) is 0 Å². The lowest BCUT2D eigenvalue weighted by atomic mass is 10.2. The van der Waals surface area contributed by atoms with Crippen molar-refractivity contribution in [1.29, 1.82) is 0 Å². The summed E-state index contributed by atoms with van der Waals surface area (Å²) in [7, 11) is 0. The first-order chi connectivity index (χ1) is 8.60. The molecule has 0 aliphatic heterocycles. The lowest BCUT2D eigenvalue weighted by molar-refractivity contribution is -0.384. The van der Waals surface area contributed by atoms with E-state index in [4.69, 9.17) is 4.42 Å². The van der Waals surface area contributed by atoms with Crippen LogP contribution in [0.2, 0.25) is 0 Å². The van der Waals surface area contributed by atoms with Crippen LogP contribution in [0, 0.1) is 10.1 Å². The van der Waals surface area contributed by atoms with E-state index in [1.54, 1.807) is 6.07 Å². The predicted molar refractivity (Wildman–Crippen MR) is 68.7 cm³/mol. The molecule has 0 bridgehead atoms. The molecule has 1 unspecified atom stereocenters. The molecule has 1 heterocycles. The summed E-state index contributed by atoms with van der Waals surface area (Å²) in [5, 5.41) is 13.8. The SMILES string of the molecule is CCCC(C)Nc1nc2ccc([N+](=O)[O-])cc2o1. The number of nitrogens with one attached hydrogen (secondary N) is 1. The summed E-state index contributed by atoms with van der Waals surface area (Å²) in [6.45, 7) is 4.15. The second kappa shape index (κ2) is 5.03. The highest BCUT2D eigenvalue weighted by atomic mass is 16.6. The average Bonchev–Trinajstić information content (AvgIpc) is 2.69. The summed E-state index contributed by atoms with van der Waals surface area (Å²) >= 11 is 0. The molecule has 6 heteroatoms. The van der Waals surface area contributed by atoms with Crippen LogP contribution in [0.25, 0.3) is 11.1 Å². The number of hydrogen-bond donors (Lipinski definition) is 1. The average molecular weight is 249 g/mol. The molecule has 96 valence electrons. The first-order valence-corrected chi connectivity index (χ1v) is 5.91. The number of fused-ring (bicyclic) bond motifs is 1. The summed E-state index contributed by atoms with van der Waals surface area (Å²) in [6.07, 6.45) is 2.08. The van der Waals surface area contributed by atoms with Crippen molar-refractivity contribution in [2.75, 3.05) is 5.32 Å². The van der Waals surface area contributed by atoms with Crippen molar-refractivity contribution < 1.29 is 9.34 Å². The van der Waals surface area contributed by atoms with Gasteiger partial charge in [-0.2, -0.15) is 4.98 Å². The highest BCUT2D eigenvalue weighted by Gasteiger charge is 2.12. The molecule has 0 fully saturated rings. The van der Waals surface area contributed by atoms with Gasteiger partial charge in [0, 0.05) is 12.1 Å². The minimum absolute atomic E-state index is 0.00630. The lowest BCUT2D eigenvalue weighted by Crippen LogP contribution is -2.14. The van der Waals surface area contributed by atoms with Crippen LogP contribution in [0.4, 0.5) is 11.7 Å². The molecule has 0 amide bonds. The summed E-state index contributed by atoms with van der Waals surface area (Å²) < 4.78 is 5.45. The maximum absolute atomic E-state index is 10.6. The summed E-state index contributed by atoms with van der Waals surface area (Å²) in [5.74, 6) is 0. The second-order valence-corrected chi connectivity index (χ2v) is 4.26. The van der Waals surface area contributed by atoms with E-state index in [-0.39, 0.29) is 11.7 Å². The van der Waals surface area contributed by atoms with E-state index in [9.17, 15) is 10.1 Å². The number of nitrogens with zero attached hydrogens (tertiary/aromatic N) is 2. The Morgan fingerprint density at radius 3 is 3.00 bits per heavy atom. The Labute approximate surface area is 104 Å². The van der Waals surface area contributed by atoms with Gasteiger partial charge in [-0.15, -0.1) is 0 Å². The van der Waals surface area contributed by atoms with E-state index in [1.165, 1.54) is 12.1 Å². The van der Waals surface area contributed by atoms with Crippen LogP contribution in [0.1, 0.15) is 26.7 Å². The maximum atomic E-state index is 10.6. The Bertz CT molecular complexity index is 565. The van der Waals surface area contributed by atoms with Gasteiger partial charge < -0.3 is 9.73 Å². The fourth-order valence-electron chi connectivity index (χ4n) is 1.80. The maximum Gasteiger partial charge on any atom is 0.295 e. The first-order valence-electron chi connectivity index (χ1n) is 5.91. The molecule has 0 saturated heterocycles. The molecule has 18 heavy (non-hydrogen) atoms. The monoisotopic (exact) mass is 249 g/mol. The molecule has 1 aromatic heterocycles. The van der Waals surface area contributed by atoms with Gasteiger partial charge in [-0.1, -0.05) is 13.3 Å². The zero-order valence-corrected chi connectivity index (χ0v) is 10.3. The minimum atomic E-state index is -0.450. The third-order valence-corrected chi connectivity index (χ3v) is 2.67. The Balaban J connectivity index is 2.24. The van der Waals surface area contributed by atoms with E-state index < -0.39 is 4.92 Å². The zero-order valence-electron chi connectivity index (χ0n) is 10.3. The van der Waals surface area contributed by atoms with Crippen LogP contribution < -0.4 is 5.32 Å². The van der Waals surface area contributed by atoms with Gasteiger partial charge in [0.05, 0.1) is 11.0 Å². The lowest BCUT2D eigenvalue weighted by Gasteiger charge is -2.09. The van der Waals surface area contributed by atoms with Gasteiger partial charge >= 0.3 is 0 Å². The highest BCUT2D eigenvalue weighted by molar-refractivity contribution is 5.77. The van der Waals surface area contributed by atoms with E-state index in [2.05, 4.69) is 17.2 Å². The first kappa shape index (κ1) is 12.3. The quantitative estimate of drug-likeness (QED) is 0.649. The fraction of sp³-hybridized carbons (Fsp3) is 0.417. The number of non-ortho nitro benzene ring substituents is 1.